The first-order valence-corrected chi connectivity index (χ1v) is 3.84. The van der Waals surface area contributed by atoms with Gasteiger partial charge in [-0.3, -0.25) is 0 Å². The number of nitrogens with one attached hydrogen (secondary N) is 1. The molecule has 0 saturated heterocycles. The highest BCUT2D eigenvalue weighted by molar-refractivity contribution is 6.25. The summed E-state index contributed by atoms with van der Waals surface area (Å²) in [5.74, 6) is 0. The average Bonchev–Trinajstić information content (AvgIpc) is 1.86. The second-order valence-electron chi connectivity index (χ2n) is 2.85. The fourth-order valence-corrected chi connectivity index (χ4v) is 1.03. The van der Waals surface area contributed by atoms with Gasteiger partial charge in [0.15, 0.2) is 0 Å². The minimum absolute atomic E-state index is 0.170. The van der Waals surface area contributed by atoms with Crippen molar-refractivity contribution in [1.29, 1.82) is 5.41 Å². The van der Waals surface area contributed by atoms with Gasteiger partial charge in [-0.15, -0.1) is 0 Å². The Morgan fingerprint density at radius 3 is 2.40 bits per heavy atom. The van der Waals surface area contributed by atoms with Crippen LogP contribution in [0, 0.1) is 10.8 Å². The molecular weight excluding hydrogens is 146 g/mol. The van der Waals surface area contributed by atoms with Crippen LogP contribution >= 0.6 is 11.6 Å². The fraction of sp³-hybridized carbons (Fsp3) is 0.625. The van der Waals surface area contributed by atoms with Gasteiger partial charge in [-0.05, 0) is 6.42 Å². The van der Waals surface area contributed by atoms with E-state index in [1.165, 1.54) is 5.54 Å². The molecule has 0 rings (SSSR count). The molecule has 0 radical (unpaired) electrons. The summed E-state index contributed by atoms with van der Waals surface area (Å²) < 4.78 is 0. The van der Waals surface area contributed by atoms with E-state index in [2.05, 4.69) is 0 Å². The molecule has 0 aliphatic rings. The van der Waals surface area contributed by atoms with Crippen LogP contribution in [0.4, 0.5) is 0 Å². The first kappa shape index (κ1) is 9.70. The first-order chi connectivity index (χ1) is 4.54. The Kier molecular flexibility index (Phi) is 3.66. The summed E-state index contributed by atoms with van der Waals surface area (Å²) in [6.07, 6.45) is 2.62. The summed E-state index contributed by atoms with van der Waals surface area (Å²) in [6, 6.07) is 0. The number of hydrogen-bond acceptors (Lipinski definition) is 1. The van der Waals surface area contributed by atoms with E-state index in [1.807, 2.05) is 26.8 Å². The molecule has 0 bridgehead atoms. The van der Waals surface area contributed by atoms with Crippen LogP contribution in [0.3, 0.4) is 0 Å². The monoisotopic (exact) mass is 159 g/mol. The molecule has 0 atom stereocenters. The summed E-state index contributed by atoms with van der Waals surface area (Å²) in [6.45, 7) is 5.95. The maximum absolute atomic E-state index is 7.53. The van der Waals surface area contributed by atoms with E-state index in [4.69, 9.17) is 17.0 Å². The van der Waals surface area contributed by atoms with Crippen LogP contribution in [-0.4, -0.2) is 5.71 Å². The number of halogens is 1. The molecule has 58 valence electrons. The fourth-order valence-electron chi connectivity index (χ4n) is 0.714. The quantitative estimate of drug-likeness (QED) is 0.612. The van der Waals surface area contributed by atoms with Gasteiger partial charge in [-0.1, -0.05) is 38.4 Å². The van der Waals surface area contributed by atoms with Crippen LogP contribution in [-0.2, 0) is 0 Å². The standard InChI is InChI=1S/C8H14ClN/c1-4-7(10)8(2,3)5-6-9/h5-6,10H,4H2,1-3H3. The van der Waals surface area contributed by atoms with Crippen molar-refractivity contribution >= 4 is 17.3 Å². The molecule has 0 heterocycles. The second-order valence-corrected chi connectivity index (χ2v) is 3.10. The van der Waals surface area contributed by atoms with Crippen molar-refractivity contribution in [3.63, 3.8) is 0 Å². The van der Waals surface area contributed by atoms with Gasteiger partial charge in [0.25, 0.3) is 0 Å². The zero-order valence-electron chi connectivity index (χ0n) is 6.74. The first-order valence-electron chi connectivity index (χ1n) is 3.40. The molecule has 0 aromatic carbocycles. The molecule has 0 aliphatic carbocycles. The van der Waals surface area contributed by atoms with Crippen molar-refractivity contribution in [3.8, 4) is 0 Å². The van der Waals surface area contributed by atoms with Crippen molar-refractivity contribution in [2.75, 3.05) is 0 Å². The van der Waals surface area contributed by atoms with Gasteiger partial charge in [0, 0.05) is 16.7 Å². The Labute approximate surface area is 67.6 Å². The van der Waals surface area contributed by atoms with E-state index in [-0.39, 0.29) is 5.41 Å². The number of hydrogen-bond donors (Lipinski definition) is 1. The van der Waals surface area contributed by atoms with Crippen LogP contribution in [0.1, 0.15) is 27.2 Å². The Morgan fingerprint density at radius 2 is 2.10 bits per heavy atom. The van der Waals surface area contributed by atoms with Gasteiger partial charge < -0.3 is 5.41 Å². The molecule has 2 heteroatoms. The van der Waals surface area contributed by atoms with E-state index in [0.29, 0.717) is 5.71 Å². The topological polar surface area (TPSA) is 23.9 Å². The average molecular weight is 160 g/mol. The normalized spacial score (nSPS) is 12.4. The predicted molar refractivity (Wildman–Crippen MR) is 46.8 cm³/mol. The van der Waals surface area contributed by atoms with Crippen LogP contribution in [0.5, 0.6) is 0 Å². The molecule has 0 amide bonds. The van der Waals surface area contributed by atoms with Crippen molar-refractivity contribution in [3.05, 3.63) is 11.6 Å². The summed E-state index contributed by atoms with van der Waals surface area (Å²) >= 11 is 5.41. The van der Waals surface area contributed by atoms with E-state index in [0.717, 1.165) is 6.42 Å². The molecule has 0 aromatic heterocycles. The largest absolute Gasteiger partial charge is 0.309 e. The second kappa shape index (κ2) is 3.77. The van der Waals surface area contributed by atoms with Crippen molar-refractivity contribution in [2.45, 2.75) is 27.2 Å². The van der Waals surface area contributed by atoms with Gasteiger partial charge in [0.1, 0.15) is 0 Å². The maximum Gasteiger partial charge on any atom is 0.0213 e. The Balaban J connectivity index is 4.24. The molecule has 0 unspecified atom stereocenters. The molecule has 0 aromatic rings. The highest BCUT2D eigenvalue weighted by Gasteiger charge is 2.17. The van der Waals surface area contributed by atoms with Gasteiger partial charge in [-0.2, -0.15) is 0 Å². The lowest BCUT2D eigenvalue weighted by Gasteiger charge is -2.19. The Hall–Kier alpha value is -0.300. The highest BCUT2D eigenvalue weighted by Crippen LogP contribution is 2.20. The van der Waals surface area contributed by atoms with Gasteiger partial charge in [0.05, 0.1) is 0 Å². The molecular formula is C8H14ClN. The molecule has 0 aliphatic heterocycles. The molecule has 1 nitrogen and oxygen atoms in total. The van der Waals surface area contributed by atoms with Crippen molar-refractivity contribution in [1.82, 2.24) is 0 Å². The number of rotatable bonds is 3. The van der Waals surface area contributed by atoms with Gasteiger partial charge in [0.2, 0.25) is 0 Å². The minimum Gasteiger partial charge on any atom is -0.309 e. The molecule has 1 N–H and O–H groups in total. The van der Waals surface area contributed by atoms with Crippen LogP contribution in [0.25, 0.3) is 0 Å². The lowest BCUT2D eigenvalue weighted by atomic mass is 9.86. The van der Waals surface area contributed by atoms with Crippen LogP contribution in [0.2, 0.25) is 0 Å². The predicted octanol–water partition coefficient (Wildman–Crippen LogP) is 3.19. The minimum atomic E-state index is -0.170. The van der Waals surface area contributed by atoms with E-state index in [1.54, 1.807) is 0 Å². The molecule has 0 saturated carbocycles. The lowest BCUT2D eigenvalue weighted by Crippen LogP contribution is -2.19. The van der Waals surface area contributed by atoms with Crippen molar-refractivity contribution in [2.24, 2.45) is 5.41 Å². The molecule has 10 heavy (non-hydrogen) atoms. The highest BCUT2D eigenvalue weighted by atomic mass is 35.5. The van der Waals surface area contributed by atoms with Gasteiger partial charge >= 0.3 is 0 Å². The zero-order valence-corrected chi connectivity index (χ0v) is 7.50. The molecule has 0 spiro atoms. The Morgan fingerprint density at radius 1 is 1.60 bits per heavy atom. The lowest BCUT2D eigenvalue weighted by molar-refractivity contribution is 0.657. The third kappa shape index (κ3) is 2.53. The summed E-state index contributed by atoms with van der Waals surface area (Å²) in [4.78, 5) is 0. The maximum atomic E-state index is 7.53. The smallest absolute Gasteiger partial charge is 0.0213 e. The van der Waals surface area contributed by atoms with E-state index < -0.39 is 0 Å². The third-order valence-corrected chi connectivity index (χ3v) is 1.74. The summed E-state index contributed by atoms with van der Waals surface area (Å²) in [5.41, 5.74) is 2.02. The summed E-state index contributed by atoms with van der Waals surface area (Å²) in [5, 5.41) is 7.53. The van der Waals surface area contributed by atoms with Crippen LogP contribution < -0.4 is 0 Å². The molecule has 0 fully saturated rings. The van der Waals surface area contributed by atoms with E-state index >= 15 is 0 Å². The SMILES string of the molecule is CCC(=N)C(C)(C)C=CCl. The third-order valence-electron chi connectivity index (χ3n) is 1.61. The number of allylic oxidation sites excluding steroid dienone is 1. The van der Waals surface area contributed by atoms with Crippen molar-refractivity contribution < 1.29 is 0 Å². The van der Waals surface area contributed by atoms with Crippen LogP contribution in [0.15, 0.2) is 11.6 Å². The van der Waals surface area contributed by atoms with E-state index in [9.17, 15) is 0 Å². The Bertz CT molecular complexity index is 147. The zero-order chi connectivity index (χ0) is 8.20. The summed E-state index contributed by atoms with van der Waals surface area (Å²) in [7, 11) is 0. The van der Waals surface area contributed by atoms with Gasteiger partial charge in [-0.25, -0.2) is 0 Å².